The summed E-state index contributed by atoms with van der Waals surface area (Å²) < 4.78 is 27.6. The number of hydrogen-bond donors (Lipinski definition) is 0. The maximum atomic E-state index is 13.9. The lowest BCUT2D eigenvalue weighted by Crippen LogP contribution is -2.15. The molecule has 0 amide bonds. The maximum absolute atomic E-state index is 13.9. The molecule has 0 heterocycles. The number of benzene rings is 2. The van der Waals surface area contributed by atoms with E-state index in [9.17, 15) is 18.4 Å². The molecule has 0 atom stereocenters. The number of carbonyl (C=O) groups excluding carboxylic acids is 2. The van der Waals surface area contributed by atoms with E-state index in [2.05, 4.69) is 15.9 Å². The Hall–Kier alpha value is -1.88. The molecule has 0 bridgehead atoms. The van der Waals surface area contributed by atoms with E-state index in [0.29, 0.717) is 0 Å². The number of carbonyl (C=O) groups is 2. The van der Waals surface area contributed by atoms with Gasteiger partial charge >= 0.3 is 0 Å². The minimum atomic E-state index is -1.31. The molecule has 0 saturated carbocycles. The fourth-order valence-electron chi connectivity index (χ4n) is 2.41. The summed E-state index contributed by atoms with van der Waals surface area (Å²) in [4.78, 5) is 24.5. The van der Waals surface area contributed by atoms with Gasteiger partial charge in [0.25, 0.3) is 0 Å². The van der Waals surface area contributed by atoms with E-state index in [1.165, 1.54) is 18.2 Å². The van der Waals surface area contributed by atoms with Crippen LogP contribution in [0.5, 0.6) is 0 Å². The van der Waals surface area contributed by atoms with Gasteiger partial charge in [0, 0.05) is 21.2 Å². The Morgan fingerprint density at radius 2 is 1.50 bits per heavy atom. The molecule has 0 fully saturated rings. The van der Waals surface area contributed by atoms with Crippen molar-refractivity contribution in [1.82, 2.24) is 0 Å². The van der Waals surface area contributed by atoms with Crippen molar-refractivity contribution in [3.05, 3.63) is 69.2 Å². The number of hydrogen-bond acceptors (Lipinski definition) is 2. The van der Waals surface area contributed by atoms with Crippen LogP contribution in [0, 0.1) is 11.6 Å². The van der Waals surface area contributed by atoms with Crippen LogP contribution in [-0.2, 0) is 0 Å². The van der Waals surface area contributed by atoms with Crippen LogP contribution in [-0.4, -0.2) is 11.6 Å². The summed E-state index contributed by atoms with van der Waals surface area (Å²) >= 11 is 3.04. The molecule has 0 radical (unpaired) electrons. The van der Waals surface area contributed by atoms with Gasteiger partial charge in [-0.3, -0.25) is 9.59 Å². The molecule has 1 aliphatic rings. The van der Waals surface area contributed by atoms with E-state index in [4.69, 9.17) is 0 Å². The van der Waals surface area contributed by atoms with Gasteiger partial charge in [0.1, 0.15) is 5.92 Å². The number of halogens is 3. The molecule has 0 aromatic heterocycles. The maximum Gasteiger partial charge on any atom is 0.178 e. The molecule has 0 spiro atoms. The van der Waals surface area contributed by atoms with Crippen LogP contribution in [0.1, 0.15) is 32.2 Å². The zero-order valence-corrected chi connectivity index (χ0v) is 11.6. The smallest absolute Gasteiger partial charge is 0.178 e. The highest BCUT2D eigenvalue weighted by molar-refractivity contribution is 9.10. The minimum absolute atomic E-state index is 0.233. The number of fused-ring (bicyclic) bond motifs is 1. The van der Waals surface area contributed by atoms with Crippen molar-refractivity contribution >= 4 is 27.5 Å². The molecule has 0 N–H and O–H groups in total. The van der Waals surface area contributed by atoms with Crippen molar-refractivity contribution in [3.63, 3.8) is 0 Å². The highest BCUT2D eigenvalue weighted by Gasteiger charge is 2.41. The van der Waals surface area contributed by atoms with Gasteiger partial charge in [-0.25, -0.2) is 8.78 Å². The molecule has 0 saturated heterocycles. The minimum Gasteiger partial charge on any atom is -0.293 e. The first-order valence-electron chi connectivity index (χ1n) is 5.82. The SMILES string of the molecule is O=C1c2ccccc2C(=O)C1c1cc(Br)cc(F)c1F. The predicted molar refractivity (Wildman–Crippen MR) is 71.9 cm³/mol. The average molecular weight is 337 g/mol. The van der Waals surface area contributed by atoms with Gasteiger partial charge in [-0.1, -0.05) is 40.2 Å². The molecule has 5 heteroatoms. The van der Waals surface area contributed by atoms with Crippen LogP contribution >= 0.6 is 15.9 Å². The molecule has 2 nitrogen and oxygen atoms in total. The fourth-order valence-corrected chi connectivity index (χ4v) is 2.86. The van der Waals surface area contributed by atoms with Gasteiger partial charge < -0.3 is 0 Å². The van der Waals surface area contributed by atoms with Gasteiger partial charge in [0.15, 0.2) is 23.2 Å². The van der Waals surface area contributed by atoms with Crippen LogP contribution < -0.4 is 0 Å². The fraction of sp³-hybridized carbons (Fsp3) is 0.0667. The molecule has 0 unspecified atom stereocenters. The molecule has 1 aliphatic carbocycles. The Bertz CT molecular complexity index is 721. The number of Topliss-reactive ketones (excluding diaryl/α,β-unsaturated/α-hetero) is 2. The van der Waals surface area contributed by atoms with Crippen molar-refractivity contribution in [2.75, 3.05) is 0 Å². The Morgan fingerprint density at radius 1 is 0.950 bits per heavy atom. The second kappa shape index (κ2) is 4.59. The third-order valence-electron chi connectivity index (χ3n) is 3.31. The van der Waals surface area contributed by atoms with E-state index in [1.54, 1.807) is 12.1 Å². The monoisotopic (exact) mass is 336 g/mol. The van der Waals surface area contributed by atoms with Crippen molar-refractivity contribution < 1.29 is 18.4 Å². The van der Waals surface area contributed by atoms with Crippen LogP contribution in [0.15, 0.2) is 40.9 Å². The standard InChI is InChI=1S/C15H7BrF2O2/c16-7-5-10(13(18)11(17)6-7)12-14(19)8-3-1-2-4-9(8)15(12)20/h1-6,12H. The van der Waals surface area contributed by atoms with Crippen LogP contribution in [0.25, 0.3) is 0 Å². The first kappa shape index (κ1) is 13.1. The largest absolute Gasteiger partial charge is 0.293 e. The lowest BCUT2D eigenvalue weighted by molar-refractivity contribution is 0.0887. The third-order valence-corrected chi connectivity index (χ3v) is 3.77. The van der Waals surface area contributed by atoms with Crippen LogP contribution in [0.2, 0.25) is 0 Å². The summed E-state index contributed by atoms with van der Waals surface area (Å²) in [5.74, 6) is -4.55. The molecule has 20 heavy (non-hydrogen) atoms. The first-order chi connectivity index (χ1) is 9.50. The highest BCUT2D eigenvalue weighted by Crippen LogP contribution is 2.36. The number of ketones is 2. The highest BCUT2D eigenvalue weighted by atomic mass is 79.9. The van der Waals surface area contributed by atoms with Gasteiger partial charge in [-0.15, -0.1) is 0 Å². The lowest BCUT2D eigenvalue weighted by atomic mass is 9.93. The molecular weight excluding hydrogens is 330 g/mol. The van der Waals surface area contributed by atoms with E-state index >= 15 is 0 Å². The zero-order chi connectivity index (χ0) is 14.4. The Morgan fingerprint density at radius 3 is 2.05 bits per heavy atom. The predicted octanol–water partition coefficient (Wildman–Crippen LogP) is 3.89. The second-order valence-electron chi connectivity index (χ2n) is 4.50. The topological polar surface area (TPSA) is 34.1 Å². The Labute approximate surface area is 121 Å². The van der Waals surface area contributed by atoms with E-state index in [0.717, 1.165) is 6.07 Å². The summed E-state index contributed by atoms with van der Waals surface area (Å²) in [6.07, 6.45) is 0. The molecule has 2 aromatic rings. The third kappa shape index (κ3) is 1.81. The summed E-state index contributed by atoms with van der Waals surface area (Å²) in [6.45, 7) is 0. The molecular formula is C15H7BrF2O2. The molecule has 3 rings (SSSR count). The van der Waals surface area contributed by atoms with Crippen molar-refractivity contribution in [2.24, 2.45) is 0 Å². The van der Waals surface area contributed by atoms with Crippen LogP contribution in [0.4, 0.5) is 8.78 Å². The summed E-state index contributed by atoms with van der Waals surface area (Å²) in [5, 5.41) is 0. The summed E-state index contributed by atoms with van der Waals surface area (Å²) in [7, 11) is 0. The van der Waals surface area contributed by atoms with E-state index in [-0.39, 0.29) is 21.2 Å². The van der Waals surface area contributed by atoms with E-state index < -0.39 is 29.1 Å². The molecule has 100 valence electrons. The molecule has 2 aromatic carbocycles. The van der Waals surface area contributed by atoms with Gasteiger partial charge in [0.2, 0.25) is 0 Å². The first-order valence-corrected chi connectivity index (χ1v) is 6.62. The van der Waals surface area contributed by atoms with E-state index in [1.807, 2.05) is 0 Å². The molecule has 0 aliphatic heterocycles. The van der Waals surface area contributed by atoms with Crippen molar-refractivity contribution in [2.45, 2.75) is 5.92 Å². The van der Waals surface area contributed by atoms with Crippen molar-refractivity contribution in [1.29, 1.82) is 0 Å². The van der Waals surface area contributed by atoms with Gasteiger partial charge in [-0.05, 0) is 12.1 Å². The Balaban J connectivity index is 2.19. The van der Waals surface area contributed by atoms with Crippen molar-refractivity contribution in [3.8, 4) is 0 Å². The lowest BCUT2D eigenvalue weighted by Gasteiger charge is -2.10. The average Bonchev–Trinajstić information content (AvgIpc) is 2.67. The summed E-state index contributed by atoms with van der Waals surface area (Å²) in [5.41, 5.74) is 0.271. The second-order valence-corrected chi connectivity index (χ2v) is 5.41. The zero-order valence-electron chi connectivity index (χ0n) is 9.99. The summed E-state index contributed by atoms with van der Waals surface area (Å²) in [6, 6.07) is 8.51. The number of rotatable bonds is 1. The Kier molecular flexibility index (Phi) is 3.01. The van der Waals surface area contributed by atoms with Gasteiger partial charge in [0.05, 0.1) is 0 Å². The van der Waals surface area contributed by atoms with Crippen LogP contribution in [0.3, 0.4) is 0 Å². The van der Waals surface area contributed by atoms with Gasteiger partial charge in [-0.2, -0.15) is 0 Å². The quantitative estimate of drug-likeness (QED) is 0.584. The normalized spacial score (nSPS) is 14.8.